The van der Waals surface area contributed by atoms with Crippen molar-refractivity contribution in [2.75, 3.05) is 12.8 Å². The van der Waals surface area contributed by atoms with Gasteiger partial charge in [0.25, 0.3) is 0 Å². The Bertz CT molecular complexity index is 471. The van der Waals surface area contributed by atoms with E-state index in [1.165, 1.54) is 6.92 Å². The summed E-state index contributed by atoms with van der Waals surface area (Å²) in [6.07, 6.45) is 3.31. The maximum atomic E-state index is 11.5. The third kappa shape index (κ3) is 4.52. The molecule has 1 aromatic heterocycles. The normalized spacial score (nSPS) is 13.1. The fourth-order valence-corrected chi connectivity index (χ4v) is 1.67. The van der Waals surface area contributed by atoms with Crippen molar-refractivity contribution in [2.45, 2.75) is 18.6 Å². The van der Waals surface area contributed by atoms with Gasteiger partial charge in [0.05, 0.1) is 0 Å². The molecule has 1 heterocycles. The number of rotatable bonds is 5. The van der Waals surface area contributed by atoms with Gasteiger partial charge in [0.2, 0.25) is 5.91 Å². The minimum atomic E-state index is -3.32. The standard InChI is InChI=1S/C11H16N2O3S/c1-9(17(2,15)16)11(14)13-8-6-10-5-3-4-7-12-10/h3-5,7,9H,6,8H2,1-2H3,(H,13,14)/t9-/m0/s1. The average molecular weight is 256 g/mol. The van der Waals surface area contributed by atoms with E-state index >= 15 is 0 Å². The van der Waals surface area contributed by atoms with Crippen molar-refractivity contribution in [3.63, 3.8) is 0 Å². The SMILES string of the molecule is C[C@@H](C(=O)NCCc1ccccn1)S(C)(=O)=O. The molecular formula is C11H16N2O3S. The van der Waals surface area contributed by atoms with Gasteiger partial charge in [-0.05, 0) is 19.1 Å². The maximum absolute atomic E-state index is 11.5. The zero-order chi connectivity index (χ0) is 12.9. The van der Waals surface area contributed by atoms with Gasteiger partial charge < -0.3 is 5.32 Å². The lowest BCUT2D eigenvalue weighted by Crippen LogP contribution is -2.38. The third-order valence-corrected chi connectivity index (χ3v) is 3.92. The average Bonchev–Trinajstić information content (AvgIpc) is 2.28. The number of amides is 1. The fourth-order valence-electron chi connectivity index (χ4n) is 1.20. The zero-order valence-corrected chi connectivity index (χ0v) is 10.7. The highest BCUT2D eigenvalue weighted by atomic mass is 32.2. The van der Waals surface area contributed by atoms with Crippen LogP contribution in [0.1, 0.15) is 12.6 Å². The van der Waals surface area contributed by atoms with Crippen LogP contribution in [0.15, 0.2) is 24.4 Å². The van der Waals surface area contributed by atoms with E-state index in [1.807, 2.05) is 18.2 Å². The first-order valence-electron chi connectivity index (χ1n) is 5.28. The molecule has 1 amide bonds. The van der Waals surface area contributed by atoms with Crippen LogP contribution in [0.3, 0.4) is 0 Å². The Balaban J connectivity index is 2.40. The molecule has 0 aliphatic carbocycles. The molecule has 0 aliphatic heterocycles. The smallest absolute Gasteiger partial charge is 0.238 e. The lowest BCUT2D eigenvalue weighted by molar-refractivity contribution is -0.120. The van der Waals surface area contributed by atoms with Crippen LogP contribution in [0.25, 0.3) is 0 Å². The summed E-state index contributed by atoms with van der Waals surface area (Å²) in [5, 5.41) is 1.57. The highest BCUT2D eigenvalue weighted by molar-refractivity contribution is 7.92. The van der Waals surface area contributed by atoms with Crippen molar-refractivity contribution in [1.82, 2.24) is 10.3 Å². The van der Waals surface area contributed by atoms with E-state index in [9.17, 15) is 13.2 Å². The van der Waals surface area contributed by atoms with Crippen molar-refractivity contribution in [3.05, 3.63) is 30.1 Å². The number of nitrogens with one attached hydrogen (secondary N) is 1. The van der Waals surface area contributed by atoms with Crippen molar-refractivity contribution in [3.8, 4) is 0 Å². The van der Waals surface area contributed by atoms with Gasteiger partial charge in [-0.1, -0.05) is 6.07 Å². The second-order valence-electron chi connectivity index (χ2n) is 3.83. The van der Waals surface area contributed by atoms with Crippen molar-refractivity contribution in [1.29, 1.82) is 0 Å². The first-order chi connectivity index (χ1) is 7.91. The Morgan fingerprint density at radius 3 is 2.71 bits per heavy atom. The van der Waals surface area contributed by atoms with E-state index in [2.05, 4.69) is 10.3 Å². The van der Waals surface area contributed by atoms with Gasteiger partial charge in [-0.25, -0.2) is 8.42 Å². The molecule has 0 aromatic carbocycles. The molecule has 94 valence electrons. The predicted octanol–water partition coefficient (Wildman–Crippen LogP) is 0.173. The van der Waals surface area contributed by atoms with Crippen LogP contribution in [0.5, 0.6) is 0 Å². The Morgan fingerprint density at radius 2 is 2.18 bits per heavy atom. The number of pyridine rings is 1. The Morgan fingerprint density at radius 1 is 1.47 bits per heavy atom. The molecule has 1 N–H and O–H groups in total. The molecule has 1 rings (SSSR count). The summed E-state index contributed by atoms with van der Waals surface area (Å²) < 4.78 is 22.3. The lowest BCUT2D eigenvalue weighted by atomic mass is 10.2. The summed E-state index contributed by atoms with van der Waals surface area (Å²) in [4.78, 5) is 15.6. The molecular weight excluding hydrogens is 240 g/mol. The summed E-state index contributed by atoms with van der Waals surface area (Å²) in [5.74, 6) is -0.469. The number of carbonyl (C=O) groups excluding carboxylic acids is 1. The summed E-state index contributed by atoms with van der Waals surface area (Å²) in [6, 6.07) is 5.53. The van der Waals surface area contributed by atoms with E-state index in [0.717, 1.165) is 11.9 Å². The summed E-state index contributed by atoms with van der Waals surface area (Å²) >= 11 is 0. The summed E-state index contributed by atoms with van der Waals surface area (Å²) in [6.45, 7) is 1.77. The van der Waals surface area contributed by atoms with Gasteiger partial charge in [-0.15, -0.1) is 0 Å². The molecule has 5 nitrogen and oxygen atoms in total. The van der Waals surface area contributed by atoms with Crippen LogP contribution in [0.4, 0.5) is 0 Å². The van der Waals surface area contributed by atoms with Crippen LogP contribution >= 0.6 is 0 Å². The molecule has 17 heavy (non-hydrogen) atoms. The number of hydrogen-bond donors (Lipinski definition) is 1. The highest BCUT2D eigenvalue weighted by Crippen LogP contribution is 1.98. The first kappa shape index (κ1) is 13.6. The number of carbonyl (C=O) groups is 1. The van der Waals surface area contributed by atoms with Crippen LogP contribution < -0.4 is 5.32 Å². The molecule has 1 atom stereocenters. The van der Waals surface area contributed by atoms with Gasteiger partial charge in [0, 0.05) is 31.1 Å². The van der Waals surface area contributed by atoms with Crippen LogP contribution in [-0.2, 0) is 21.1 Å². The van der Waals surface area contributed by atoms with Gasteiger partial charge in [0.15, 0.2) is 9.84 Å². The third-order valence-electron chi connectivity index (χ3n) is 2.42. The number of sulfone groups is 1. The topological polar surface area (TPSA) is 76.1 Å². The summed E-state index contributed by atoms with van der Waals surface area (Å²) in [7, 11) is -3.32. The van der Waals surface area contributed by atoms with E-state index in [4.69, 9.17) is 0 Å². The summed E-state index contributed by atoms with van der Waals surface area (Å²) in [5.41, 5.74) is 0.861. The lowest BCUT2D eigenvalue weighted by Gasteiger charge is -2.09. The molecule has 0 bridgehead atoms. The monoisotopic (exact) mass is 256 g/mol. The first-order valence-corrected chi connectivity index (χ1v) is 7.23. The van der Waals surface area contributed by atoms with Gasteiger partial charge in [-0.2, -0.15) is 0 Å². The van der Waals surface area contributed by atoms with Gasteiger partial charge in [-0.3, -0.25) is 9.78 Å². The molecule has 0 aliphatic rings. The van der Waals surface area contributed by atoms with E-state index in [1.54, 1.807) is 6.20 Å². The molecule has 6 heteroatoms. The van der Waals surface area contributed by atoms with E-state index in [-0.39, 0.29) is 0 Å². The van der Waals surface area contributed by atoms with Crippen LogP contribution in [-0.4, -0.2) is 37.4 Å². The maximum Gasteiger partial charge on any atom is 0.238 e. The molecule has 0 unspecified atom stereocenters. The Kier molecular flexibility index (Phi) is 4.62. The number of aromatic nitrogens is 1. The molecule has 1 aromatic rings. The van der Waals surface area contributed by atoms with E-state index < -0.39 is 21.0 Å². The quantitative estimate of drug-likeness (QED) is 0.815. The Hall–Kier alpha value is -1.43. The highest BCUT2D eigenvalue weighted by Gasteiger charge is 2.22. The van der Waals surface area contributed by atoms with Crippen LogP contribution in [0.2, 0.25) is 0 Å². The number of nitrogens with zero attached hydrogens (tertiary/aromatic N) is 1. The van der Waals surface area contributed by atoms with Gasteiger partial charge in [0.1, 0.15) is 5.25 Å². The minimum Gasteiger partial charge on any atom is -0.355 e. The predicted molar refractivity (Wildman–Crippen MR) is 65.3 cm³/mol. The van der Waals surface area contributed by atoms with Crippen LogP contribution in [0, 0.1) is 0 Å². The molecule has 0 spiro atoms. The Labute approximate surface area is 101 Å². The molecule has 0 radical (unpaired) electrons. The molecule has 0 saturated heterocycles. The van der Waals surface area contributed by atoms with E-state index in [0.29, 0.717) is 13.0 Å². The van der Waals surface area contributed by atoms with Gasteiger partial charge >= 0.3 is 0 Å². The second-order valence-corrected chi connectivity index (χ2v) is 6.20. The fraction of sp³-hybridized carbons (Fsp3) is 0.455. The second kappa shape index (κ2) is 5.77. The zero-order valence-electron chi connectivity index (χ0n) is 9.88. The molecule has 0 saturated carbocycles. The number of hydrogen-bond acceptors (Lipinski definition) is 4. The molecule has 0 fully saturated rings. The van der Waals surface area contributed by atoms with Crippen molar-refractivity contribution < 1.29 is 13.2 Å². The largest absolute Gasteiger partial charge is 0.355 e. The van der Waals surface area contributed by atoms with Crippen molar-refractivity contribution >= 4 is 15.7 Å². The minimum absolute atomic E-state index is 0.385. The van der Waals surface area contributed by atoms with Crippen molar-refractivity contribution in [2.24, 2.45) is 0 Å².